The van der Waals surface area contributed by atoms with Crippen molar-refractivity contribution in [3.05, 3.63) is 54.4 Å². The molecule has 3 aromatic rings. The number of halogens is 2. The molecule has 3 rings (SSSR count). The van der Waals surface area contributed by atoms with Crippen LogP contribution in [-0.2, 0) is 6.42 Å². The minimum atomic E-state index is -0.453. The number of aliphatic hydroxyl groups excluding tert-OH is 1. The summed E-state index contributed by atoms with van der Waals surface area (Å²) in [6.07, 6.45) is 0.203. The van der Waals surface area contributed by atoms with Crippen molar-refractivity contribution in [1.29, 1.82) is 0 Å². The summed E-state index contributed by atoms with van der Waals surface area (Å²) < 4.78 is 3.30. The fourth-order valence-electron chi connectivity index (χ4n) is 2.03. The van der Waals surface area contributed by atoms with E-state index in [2.05, 4.69) is 49.4 Å². The van der Waals surface area contributed by atoms with Gasteiger partial charge in [0.05, 0.1) is 9.89 Å². The zero-order valence-corrected chi connectivity index (χ0v) is 14.6. The number of hydrogen-bond donors (Lipinski definition) is 1. The van der Waals surface area contributed by atoms with E-state index in [1.807, 2.05) is 18.2 Å². The maximum absolute atomic E-state index is 10.4. The van der Waals surface area contributed by atoms with Crippen molar-refractivity contribution in [2.75, 3.05) is 0 Å². The molecule has 0 aliphatic heterocycles. The lowest BCUT2D eigenvalue weighted by Crippen LogP contribution is -1.98. The monoisotopic (exact) mass is 416 g/mol. The predicted molar refractivity (Wildman–Crippen MR) is 90.2 cm³/mol. The van der Waals surface area contributed by atoms with Gasteiger partial charge in [-0.1, -0.05) is 18.2 Å². The molecule has 0 fully saturated rings. The van der Waals surface area contributed by atoms with Gasteiger partial charge in [-0.2, -0.15) is 0 Å². The fraction of sp³-hybridized carbons (Fsp3) is 0.143. The SMILES string of the molecule is OC(Cc1csc2ccccc12)c1cc(Br)c(Br)s1. The van der Waals surface area contributed by atoms with Gasteiger partial charge in [-0.15, -0.1) is 22.7 Å². The van der Waals surface area contributed by atoms with Gasteiger partial charge in [0.25, 0.3) is 0 Å². The van der Waals surface area contributed by atoms with Crippen molar-refractivity contribution in [1.82, 2.24) is 0 Å². The first kappa shape index (κ1) is 13.8. The van der Waals surface area contributed by atoms with Crippen LogP contribution in [0.15, 0.2) is 44.0 Å². The van der Waals surface area contributed by atoms with E-state index in [0.29, 0.717) is 6.42 Å². The van der Waals surface area contributed by atoms with E-state index in [9.17, 15) is 5.11 Å². The number of fused-ring (bicyclic) bond motifs is 1. The van der Waals surface area contributed by atoms with Crippen molar-refractivity contribution >= 4 is 64.6 Å². The van der Waals surface area contributed by atoms with E-state index >= 15 is 0 Å². The lowest BCUT2D eigenvalue weighted by molar-refractivity contribution is 0.183. The van der Waals surface area contributed by atoms with Gasteiger partial charge in [-0.25, -0.2) is 0 Å². The standard InChI is InChI=1S/C14H10Br2OS2/c15-10-6-13(19-14(10)16)11(17)5-8-7-18-12-4-2-1-3-9(8)12/h1-4,6-7,11,17H,5H2. The molecule has 0 saturated carbocycles. The summed E-state index contributed by atoms with van der Waals surface area (Å²) in [5, 5.41) is 13.8. The quantitative estimate of drug-likeness (QED) is 0.573. The third-order valence-corrected chi connectivity index (χ3v) is 7.34. The Hall–Kier alpha value is -0.200. The Kier molecular flexibility index (Phi) is 4.10. The molecule has 0 aliphatic carbocycles. The van der Waals surface area contributed by atoms with E-state index in [-0.39, 0.29) is 0 Å². The van der Waals surface area contributed by atoms with Gasteiger partial charge in [0.1, 0.15) is 0 Å². The van der Waals surface area contributed by atoms with Gasteiger partial charge in [-0.3, -0.25) is 0 Å². The van der Waals surface area contributed by atoms with Gasteiger partial charge < -0.3 is 5.11 Å². The molecule has 1 aromatic carbocycles. The molecule has 0 radical (unpaired) electrons. The minimum absolute atomic E-state index is 0.453. The zero-order valence-electron chi connectivity index (χ0n) is 9.77. The van der Waals surface area contributed by atoms with Crippen molar-refractivity contribution in [3.8, 4) is 0 Å². The topological polar surface area (TPSA) is 20.2 Å². The minimum Gasteiger partial charge on any atom is -0.387 e. The molecule has 5 heteroatoms. The summed E-state index contributed by atoms with van der Waals surface area (Å²) in [5.74, 6) is 0. The average Bonchev–Trinajstić information content (AvgIpc) is 2.95. The number of hydrogen-bond acceptors (Lipinski definition) is 3. The van der Waals surface area contributed by atoms with Crippen molar-refractivity contribution in [2.24, 2.45) is 0 Å². The highest BCUT2D eigenvalue weighted by Gasteiger charge is 2.15. The normalized spacial score (nSPS) is 13.0. The highest BCUT2D eigenvalue weighted by Crippen LogP contribution is 2.37. The highest BCUT2D eigenvalue weighted by molar-refractivity contribution is 9.13. The molecule has 1 N–H and O–H groups in total. The summed E-state index contributed by atoms with van der Waals surface area (Å²) in [4.78, 5) is 0.981. The molecule has 1 nitrogen and oxygen atoms in total. The van der Waals surface area contributed by atoms with Gasteiger partial charge in [0, 0.05) is 20.5 Å². The Labute approximate surface area is 136 Å². The molecule has 1 atom stereocenters. The first-order valence-electron chi connectivity index (χ1n) is 5.73. The lowest BCUT2D eigenvalue weighted by atomic mass is 10.1. The van der Waals surface area contributed by atoms with Crippen molar-refractivity contribution in [2.45, 2.75) is 12.5 Å². The Morgan fingerprint density at radius 1 is 1.21 bits per heavy atom. The summed E-state index contributed by atoms with van der Waals surface area (Å²) in [6, 6.07) is 10.3. The van der Waals surface area contributed by atoms with Crippen LogP contribution in [0.3, 0.4) is 0 Å². The third kappa shape index (κ3) is 2.81. The van der Waals surface area contributed by atoms with E-state index < -0.39 is 6.10 Å². The van der Waals surface area contributed by atoms with E-state index in [0.717, 1.165) is 13.1 Å². The number of benzene rings is 1. The molecule has 0 saturated heterocycles. The van der Waals surface area contributed by atoms with Crippen LogP contribution in [0, 0.1) is 0 Å². The average molecular weight is 418 g/mol. The van der Waals surface area contributed by atoms with E-state index in [4.69, 9.17) is 0 Å². The van der Waals surface area contributed by atoms with Crippen LogP contribution in [0.5, 0.6) is 0 Å². The van der Waals surface area contributed by atoms with Crippen LogP contribution >= 0.6 is 54.5 Å². The Bertz CT molecular complexity index is 698. The van der Waals surface area contributed by atoms with Crippen LogP contribution in [0.25, 0.3) is 10.1 Å². The van der Waals surface area contributed by atoms with Gasteiger partial charge >= 0.3 is 0 Å². The predicted octanol–water partition coefficient (Wildman–Crippen LogP) is 5.76. The molecule has 0 spiro atoms. The second-order valence-electron chi connectivity index (χ2n) is 4.25. The Morgan fingerprint density at radius 3 is 2.74 bits per heavy atom. The fourth-order valence-corrected chi connectivity index (χ4v) is 5.08. The second-order valence-corrected chi connectivity index (χ2v) is 8.41. The van der Waals surface area contributed by atoms with Crippen molar-refractivity contribution in [3.63, 3.8) is 0 Å². The maximum atomic E-state index is 10.4. The second kappa shape index (κ2) is 5.66. The molecule has 0 aliphatic rings. The Balaban J connectivity index is 1.88. The summed E-state index contributed by atoms with van der Waals surface area (Å²) in [5.41, 5.74) is 1.22. The first-order chi connectivity index (χ1) is 9.15. The number of aliphatic hydroxyl groups is 1. The van der Waals surface area contributed by atoms with Crippen LogP contribution in [-0.4, -0.2) is 5.11 Å². The van der Waals surface area contributed by atoms with Crippen molar-refractivity contribution < 1.29 is 5.11 Å². The summed E-state index contributed by atoms with van der Waals surface area (Å²) >= 11 is 10.2. The van der Waals surface area contributed by atoms with Gasteiger partial charge in [-0.05, 0) is 60.3 Å². The summed E-state index contributed by atoms with van der Waals surface area (Å²) in [6.45, 7) is 0. The molecule has 2 heterocycles. The van der Waals surface area contributed by atoms with Crippen LogP contribution in [0.2, 0.25) is 0 Å². The van der Waals surface area contributed by atoms with E-state index in [1.165, 1.54) is 15.6 Å². The molecular formula is C14H10Br2OS2. The highest BCUT2D eigenvalue weighted by atomic mass is 79.9. The smallest absolute Gasteiger partial charge is 0.0923 e. The molecule has 98 valence electrons. The zero-order chi connectivity index (χ0) is 13.4. The Morgan fingerprint density at radius 2 is 2.00 bits per heavy atom. The van der Waals surface area contributed by atoms with E-state index in [1.54, 1.807) is 22.7 Å². The number of thiophene rings is 2. The summed E-state index contributed by atoms with van der Waals surface area (Å²) in [7, 11) is 0. The largest absolute Gasteiger partial charge is 0.387 e. The maximum Gasteiger partial charge on any atom is 0.0923 e. The molecule has 19 heavy (non-hydrogen) atoms. The van der Waals surface area contributed by atoms with Crippen LogP contribution in [0.4, 0.5) is 0 Å². The van der Waals surface area contributed by atoms with Crippen LogP contribution in [0.1, 0.15) is 16.5 Å². The number of rotatable bonds is 3. The van der Waals surface area contributed by atoms with Gasteiger partial charge in [0.2, 0.25) is 0 Å². The molecule has 1 unspecified atom stereocenters. The molecule has 0 amide bonds. The lowest BCUT2D eigenvalue weighted by Gasteiger charge is -2.07. The molecular weight excluding hydrogens is 408 g/mol. The molecule has 0 bridgehead atoms. The van der Waals surface area contributed by atoms with Gasteiger partial charge in [0.15, 0.2) is 0 Å². The van der Waals surface area contributed by atoms with Crippen LogP contribution < -0.4 is 0 Å². The molecule has 2 aromatic heterocycles. The third-order valence-electron chi connectivity index (χ3n) is 2.97. The first-order valence-corrected chi connectivity index (χ1v) is 9.01.